The number of hydrogen-bond acceptors (Lipinski definition) is 3. The fraction of sp³-hybridized carbons (Fsp3) is 0.444. The number of carbonyl (C=O) groups is 1. The number of aromatic nitrogens is 1. The molecule has 0 amide bonds. The third-order valence-corrected chi connectivity index (χ3v) is 7.67. The Bertz CT molecular complexity index is 1160. The number of ether oxygens (including phenoxy) is 1. The van der Waals surface area contributed by atoms with E-state index in [1.165, 1.54) is 40.4 Å². The van der Waals surface area contributed by atoms with E-state index in [-0.39, 0.29) is 6.04 Å². The maximum Gasteiger partial charge on any atom is 0.335 e. The molecule has 2 aliphatic rings. The van der Waals surface area contributed by atoms with E-state index in [0.29, 0.717) is 22.8 Å². The van der Waals surface area contributed by atoms with E-state index in [1.807, 2.05) is 18.3 Å². The molecule has 0 radical (unpaired) electrons. The number of likely N-dealkylation sites (tertiary alicyclic amines) is 1. The molecule has 0 unspecified atom stereocenters. The molecule has 2 fully saturated rings. The summed E-state index contributed by atoms with van der Waals surface area (Å²) in [6.45, 7) is 8.75. The van der Waals surface area contributed by atoms with Crippen molar-refractivity contribution in [2.45, 2.75) is 46.2 Å². The van der Waals surface area contributed by atoms with E-state index in [4.69, 9.17) is 4.74 Å². The smallest absolute Gasteiger partial charge is 0.335 e. The summed E-state index contributed by atoms with van der Waals surface area (Å²) in [7, 11) is 1.75. The van der Waals surface area contributed by atoms with Gasteiger partial charge >= 0.3 is 5.97 Å². The molecule has 2 heterocycles. The Morgan fingerprint density at radius 1 is 1.22 bits per heavy atom. The summed E-state index contributed by atoms with van der Waals surface area (Å²) in [5.74, 6) is 1.30. The average Bonchev–Trinajstić information content (AvgIpc) is 3.42. The summed E-state index contributed by atoms with van der Waals surface area (Å²) in [6.07, 6.45) is 4.44. The normalized spacial score (nSPS) is 24.7. The van der Waals surface area contributed by atoms with E-state index in [0.717, 1.165) is 18.8 Å². The Kier molecular flexibility index (Phi) is 5.05. The number of methoxy groups -OCH3 is 1. The van der Waals surface area contributed by atoms with Crippen LogP contribution < -0.4 is 4.74 Å². The summed E-state index contributed by atoms with van der Waals surface area (Å²) in [5.41, 5.74) is 5.50. The van der Waals surface area contributed by atoms with E-state index in [9.17, 15) is 9.90 Å². The fourth-order valence-corrected chi connectivity index (χ4v) is 6.43. The van der Waals surface area contributed by atoms with Crippen LogP contribution in [0, 0.1) is 24.2 Å². The van der Waals surface area contributed by atoms with Crippen LogP contribution in [-0.4, -0.2) is 34.6 Å². The maximum atomic E-state index is 11.4. The van der Waals surface area contributed by atoms with Gasteiger partial charge in [0, 0.05) is 41.8 Å². The minimum Gasteiger partial charge on any atom is -0.496 e. The second-order valence-corrected chi connectivity index (χ2v) is 10.4. The van der Waals surface area contributed by atoms with Crippen molar-refractivity contribution in [3.63, 3.8) is 0 Å². The number of aryl methyl sites for hydroxylation is 1. The molecule has 3 aromatic rings. The number of hydrogen-bond donors (Lipinski definition) is 2. The first kappa shape index (κ1) is 21.1. The van der Waals surface area contributed by atoms with Crippen molar-refractivity contribution >= 4 is 16.9 Å². The monoisotopic (exact) mass is 432 g/mol. The van der Waals surface area contributed by atoms with E-state index >= 15 is 0 Å². The van der Waals surface area contributed by atoms with E-state index in [1.54, 1.807) is 19.2 Å². The van der Waals surface area contributed by atoms with Crippen molar-refractivity contribution in [2.75, 3.05) is 13.7 Å². The molecule has 2 N–H and O–H groups in total. The zero-order chi connectivity index (χ0) is 22.6. The van der Waals surface area contributed by atoms with Gasteiger partial charge in [-0.3, -0.25) is 4.90 Å². The lowest BCUT2D eigenvalue weighted by Crippen LogP contribution is -2.27. The number of nitrogens with zero attached hydrogens (tertiary/aromatic N) is 1. The third-order valence-electron chi connectivity index (χ3n) is 7.67. The van der Waals surface area contributed by atoms with Crippen LogP contribution in [0.3, 0.4) is 0 Å². The zero-order valence-corrected chi connectivity index (χ0v) is 19.3. The lowest BCUT2D eigenvalue weighted by Gasteiger charge is -2.31. The number of rotatable bonds is 5. The molecule has 5 heteroatoms. The van der Waals surface area contributed by atoms with Crippen molar-refractivity contribution in [3.05, 3.63) is 64.8 Å². The molecular formula is C27H32N2O3. The molecule has 2 aromatic carbocycles. The number of nitrogens with one attached hydrogen (secondary N) is 1. The first-order valence-electron chi connectivity index (χ1n) is 11.5. The van der Waals surface area contributed by atoms with Gasteiger partial charge in [-0.2, -0.15) is 0 Å². The number of aromatic carboxylic acids is 1. The molecule has 32 heavy (non-hydrogen) atoms. The van der Waals surface area contributed by atoms with Gasteiger partial charge in [0.15, 0.2) is 0 Å². The van der Waals surface area contributed by atoms with Crippen LogP contribution in [0.2, 0.25) is 0 Å². The molecular weight excluding hydrogens is 400 g/mol. The molecule has 5 rings (SSSR count). The first-order valence-corrected chi connectivity index (χ1v) is 11.5. The summed E-state index contributed by atoms with van der Waals surface area (Å²) in [6, 6.07) is 12.1. The van der Waals surface area contributed by atoms with Gasteiger partial charge < -0.3 is 14.8 Å². The number of carboxylic acid groups (broad SMARTS) is 1. The Hall–Kier alpha value is -2.79. The quantitative estimate of drug-likeness (QED) is 0.535. The largest absolute Gasteiger partial charge is 0.496 e. The van der Waals surface area contributed by atoms with Gasteiger partial charge in [0.2, 0.25) is 0 Å². The molecule has 168 valence electrons. The van der Waals surface area contributed by atoms with Gasteiger partial charge in [-0.1, -0.05) is 26.0 Å². The predicted molar refractivity (Wildman–Crippen MR) is 126 cm³/mol. The highest BCUT2D eigenvalue weighted by Gasteiger charge is 2.50. The molecule has 1 saturated heterocycles. The highest BCUT2D eigenvalue weighted by molar-refractivity contribution is 5.88. The minimum atomic E-state index is -0.876. The average molecular weight is 433 g/mol. The molecule has 0 spiro atoms. The summed E-state index contributed by atoms with van der Waals surface area (Å²) in [4.78, 5) is 17.4. The summed E-state index contributed by atoms with van der Waals surface area (Å²) >= 11 is 0. The van der Waals surface area contributed by atoms with Gasteiger partial charge in [-0.15, -0.1) is 0 Å². The van der Waals surface area contributed by atoms with Gasteiger partial charge in [0.25, 0.3) is 0 Å². The third kappa shape index (κ3) is 3.49. The molecule has 1 saturated carbocycles. The molecule has 1 aromatic heterocycles. The van der Waals surface area contributed by atoms with Crippen LogP contribution in [0.25, 0.3) is 10.9 Å². The van der Waals surface area contributed by atoms with E-state index in [2.05, 4.69) is 42.8 Å². The van der Waals surface area contributed by atoms with Gasteiger partial charge in [-0.25, -0.2) is 4.79 Å². The van der Waals surface area contributed by atoms with Crippen LogP contribution in [-0.2, 0) is 6.54 Å². The number of aromatic amines is 1. The van der Waals surface area contributed by atoms with Gasteiger partial charge in [0.05, 0.1) is 12.7 Å². The molecule has 3 atom stereocenters. The standard InChI is InChI=1S/C27H32N2O3/c1-16-11-23(32-4)22(20-9-10-28-24(16)20)15-29-14-19-12-27(2,3)13-21(19)25(29)17-5-7-18(8-6-17)26(30)31/h5-11,19,21,25,28H,12-15H2,1-4H3,(H,30,31)/t19-,21-,25+/m0/s1. The SMILES string of the molecule is COc1cc(C)c2[nH]ccc2c1CN1C[C@@H]2CC(C)(C)C[C@@H]2[C@H]1c1ccc(C(=O)O)cc1. The van der Waals surface area contributed by atoms with Crippen LogP contribution in [0.1, 0.15) is 59.8 Å². The van der Waals surface area contributed by atoms with Crippen molar-refractivity contribution in [1.82, 2.24) is 9.88 Å². The van der Waals surface area contributed by atoms with Gasteiger partial charge in [-0.05, 0) is 72.4 Å². The molecule has 5 nitrogen and oxygen atoms in total. The summed E-state index contributed by atoms with van der Waals surface area (Å²) in [5, 5.41) is 10.6. The van der Waals surface area contributed by atoms with Crippen molar-refractivity contribution in [1.29, 1.82) is 0 Å². The van der Waals surface area contributed by atoms with Crippen molar-refractivity contribution < 1.29 is 14.6 Å². The van der Waals surface area contributed by atoms with Crippen LogP contribution in [0.5, 0.6) is 5.75 Å². The molecule has 1 aliphatic carbocycles. The van der Waals surface area contributed by atoms with Crippen LogP contribution >= 0.6 is 0 Å². The Balaban J connectivity index is 1.54. The number of benzene rings is 2. The number of fused-ring (bicyclic) bond motifs is 2. The zero-order valence-electron chi connectivity index (χ0n) is 19.3. The van der Waals surface area contributed by atoms with Crippen LogP contribution in [0.4, 0.5) is 0 Å². The molecule has 0 bridgehead atoms. The Labute approximate surface area is 189 Å². The van der Waals surface area contributed by atoms with Crippen LogP contribution in [0.15, 0.2) is 42.6 Å². The van der Waals surface area contributed by atoms with Crippen molar-refractivity contribution in [2.24, 2.45) is 17.3 Å². The fourth-order valence-electron chi connectivity index (χ4n) is 6.43. The molecule has 1 aliphatic heterocycles. The topological polar surface area (TPSA) is 65.6 Å². The highest BCUT2D eigenvalue weighted by Crippen LogP contribution is 2.56. The van der Waals surface area contributed by atoms with Crippen molar-refractivity contribution in [3.8, 4) is 5.75 Å². The highest BCUT2D eigenvalue weighted by atomic mass is 16.5. The predicted octanol–water partition coefficient (Wildman–Crippen LogP) is 5.79. The first-order chi connectivity index (χ1) is 15.3. The van der Waals surface area contributed by atoms with Gasteiger partial charge in [0.1, 0.15) is 5.75 Å². The Morgan fingerprint density at radius 3 is 2.66 bits per heavy atom. The number of carboxylic acids is 1. The second kappa shape index (κ2) is 7.66. The summed E-state index contributed by atoms with van der Waals surface area (Å²) < 4.78 is 5.82. The Morgan fingerprint density at radius 2 is 1.97 bits per heavy atom. The lowest BCUT2D eigenvalue weighted by atomic mass is 9.86. The number of H-pyrrole nitrogens is 1. The maximum absolute atomic E-state index is 11.4. The minimum absolute atomic E-state index is 0.282. The second-order valence-electron chi connectivity index (χ2n) is 10.4. The van der Waals surface area contributed by atoms with E-state index < -0.39 is 5.97 Å². The lowest BCUT2D eigenvalue weighted by molar-refractivity contribution is 0.0697.